The SMILES string of the molecule is O=C(O)CC1CN(c2cccc3c2C(=O)N(C2CCC(=O)NC2=O)C3=O)C1. The van der Waals surface area contributed by atoms with Gasteiger partial charge in [-0.2, -0.15) is 0 Å². The second-order valence-corrected chi connectivity index (χ2v) is 7.02. The first-order valence-electron chi connectivity index (χ1n) is 8.68. The Morgan fingerprint density at radius 1 is 1.15 bits per heavy atom. The van der Waals surface area contributed by atoms with Gasteiger partial charge in [0.05, 0.1) is 23.2 Å². The van der Waals surface area contributed by atoms with Crippen LogP contribution < -0.4 is 10.2 Å². The molecule has 1 aromatic carbocycles. The Balaban J connectivity index is 1.60. The minimum Gasteiger partial charge on any atom is -0.481 e. The standard InChI is InChI=1S/C18H17N3O6/c22-13-5-4-12(16(25)19-13)21-17(26)10-2-1-3-11(15(10)18(21)27)20-7-9(8-20)6-14(23)24/h1-3,9,12H,4-8H2,(H,23,24)(H,19,22,25). The van der Waals surface area contributed by atoms with E-state index in [2.05, 4.69) is 5.32 Å². The average molecular weight is 371 g/mol. The Bertz CT molecular complexity index is 889. The molecule has 2 saturated heterocycles. The Hall–Kier alpha value is -3.23. The van der Waals surface area contributed by atoms with Crippen LogP contribution in [0.3, 0.4) is 0 Å². The maximum atomic E-state index is 13.0. The average Bonchev–Trinajstić information content (AvgIpc) is 2.83. The summed E-state index contributed by atoms with van der Waals surface area (Å²) in [5.41, 5.74) is 1.03. The van der Waals surface area contributed by atoms with Crippen molar-refractivity contribution in [3.8, 4) is 0 Å². The molecule has 2 fully saturated rings. The van der Waals surface area contributed by atoms with Crippen LogP contribution in [0.4, 0.5) is 5.69 Å². The number of fused-ring (bicyclic) bond motifs is 1. The highest BCUT2D eigenvalue weighted by Crippen LogP contribution is 2.37. The molecular formula is C18H17N3O6. The summed E-state index contributed by atoms with van der Waals surface area (Å²) in [7, 11) is 0. The lowest BCUT2D eigenvalue weighted by molar-refractivity contribution is -0.138. The van der Waals surface area contributed by atoms with E-state index in [9.17, 15) is 24.0 Å². The summed E-state index contributed by atoms with van der Waals surface area (Å²) in [6, 6.07) is 3.92. The van der Waals surface area contributed by atoms with Gasteiger partial charge in [-0.05, 0) is 18.6 Å². The summed E-state index contributed by atoms with van der Waals surface area (Å²) >= 11 is 0. The van der Waals surface area contributed by atoms with Crippen LogP contribution in [-0.2, 0) is 14.4 Å². The van der Waals surface area contributed by atoms with Crippen LogP contribution in [0.15, 0.2) is 18.2 Å². The number of piperidine rings is 1. The number of benzene rings is 1. The van der Waals surface area contributed by atoms with Gasteiger partial charge in [0.15, 0.2) is 0 Å². The van der Waals surface area contributed by atoms with E-state index in [1.165, 1.54) is 0 Å². The zero-order valence-corrected chi connectivity index (χ0v) is 14.3. The predicted octanol–water partition coefficient (Wildman–Crippen LogP) is -0.00130. The first-order valence-corrected chi connectivity index (χ1v) is 8.68. The molecule has 140 valence electrons. The summed E-state index contributed by atoms with van der Waals surface area (Å²) in [6.07, 6.45) is 0.232. The Morgan fingerprint density at radius 2 is 1.89 bits per heavy atom. The van der Waals surface area contributed by atoms with Crippen LogP contribution >= 0.6 is 0 Å². The first kappa shape index (κ1) is 17.2. The number of nitrogens with zero attached hydrogens (tertiary/aromatic N) is 2. The number of rotatable bonds is 4. The molecule has 0 aliphatic carbocycles. The van der Waals surface area contributed by atoms with Crippen molar-refractivity contribution in [2.24, 2.45) is 5.92 Å². The molecule has 3 heterocycles. The maximum absolute atomic E-state index is 13.0. The summed E-state index contributed by atoms with van der Waals surface area (Å²) < 4.78 is 0. The summed E-state index contributed by atoms with van der Waals surface area (Å²) in [5, 5.41) is 11.0. The molecule has 4 rings (SSSR count). The molecule has 0 radical (unpaired) electrons. The lowest BCUT2D eigenvalue weighted by Crippen LogP contribution is -2.54. The highest BCUT2D eigenvalue weighted by atomic mass is 16.4. The number of anilines is 1. The molecule has 0 bridgehead atoms. The van der Waals surface area contributed by atoms with E-state index in [1.54, 1.807) is 18.2 Å². The molecule has 9 heteroatoms. The topological polar surface area (TPSA) is 124 Å². The van der Waals surface area contributed by atoms with Gasteiger partial charge in [-0.3, -0.25) is 34.2 Å². The molecule has 1 aromatic rings. The van der Waals surface area contributed by atoms with E-state index in [4.69, 9.17) is 5.11 Å². The molecule has 3 aliphatic heterocycles. The number of hydrogen-bond acceptors (Lipinski definition) is 6. The van der Waals surface area contributed by atoms with Crippen LogP contribution in [0.1, 0.15) is 40.0 Å². The van der Waals surface area contributed by atoms with E-state index >= 15 is 0 Å². The van der Waals surface area contributed by atoms with Gasteiger partial charge in [0.1, 0.15) is 6.04 Å². The second kappa shape index (κ2) is 6.19. The van der Waals surface area contributed by atoms with Crippen molar-refractivity contribution >= 4 is 35.3 Å². The molecule has 27 heavy (non-hydrogen) atoms. The Labute approximate surface area is 153 Å². The molecule has 0 aromatic heterocycles. The van der Waals surface area contributed by atoms with Gasteiger partial charge in [0.2, 0.25) is 11.8 Å². The molecule has 1 unspecified atom stereocenters. The Kier molecular flexibility index (Phi) is 3.94. The van der Waals surface area contributed by atoms with E-state index in [0.717, 1.165) is 4.90 Å². The summed E-state index contributed by atoms with van der Waals surface area (Å²) in [6.45, 7) is 0.977. The van der Waals surface area contributed by atoms with Gasteiger partial charge in [0.25, 0.3) is 11.8 Å². The van der Waals surface area contributed by atoms with E-state index in [1.807, 2.05) is 4.90 Å². The van der Waals surface area contributed by atoms with Crippen molar-refractivity contribution < 1.29 is 29.1 Å². The van der Waals surface area contributed by atoms with Crippen molar-refractivity contribution in [1.82, 2.24) is 10.2 Å². The molecule has 2 N–H and O–H groups in total. The summed E-state index contributed by atoms with van der Waals surface area (Å²) in [5.74, 6) is -3.04. The normalized spacial score (nSPS) is 22.6. The number of aliphatic carboxylic acids is 1. The van der Waals surface area contributed by atoms with Crippen LogP contribution in [0.5, 0.6) is 0 Å². The van der Waals surface area contributed by atoms with Gasteiger partial charge in [-0.15, -0.1) is 0 Å². The predicted molar refractivity (Wildman–Crippen MR) is 91.1 cm³/mol. The third-order valence-electron chi connectivity index (χ3n) is 5.21. The number of imide groups is 2. The van der Waals surface area contributed by atoms with Crippen molar-refractivity contribution in [3.63, 3.8) is 0 Å². The second-order valence-electron chi connectivity index (χ2n) is 7.02. The van der Waals surface area contributed by atoms with Crippen LogP contribution in [0.2, 0.25) is 0 Å². The maximum Gasteiger partial charge on any atom is 0.303 e. The van der Waals surface area contributed by atoms with Crippen LogP contribution in [0, 0.1) is 5.92 Å². The van der Waals surface area contributed by atoms with E-state index in [-0.39, 0.29) is 36.3 Å². The van der Waals surface area contributed by atoms with Gasteiger partial charge in [0, 0.05) is 25.4 Å². The molecule has 0 spiro atoms. The number of carboxylic acid groups (broad SMARTS) is 1. The third-order valence-corrected chi connectivity index (χ3v) is 5.21. The van der Waals surface area contributed by atoms with E-state index < -0.39 is 35.6 Å². The van der Waals surface area contributed by atoms with Crippen molar-refractivity contribution in [3.05, 3.63) is 29.3 Å². The molecular weight excluding hydrogens is 354 g/mol. The minimum atomic E-state index is -1.00. The van der Waals surface area contributed by atoms with Crippen LogP contribution in [0.25, 0.3) is 0 Å². The van der Waals surface area contributed by atoms with Crippen molar-refractivity contribution in [2.45, 2.75) is 25.3 Å². The number of amides is 4. The molecule has 3 aliphatic rings. The van der Waals surface area contributed by atoms with Crippen molar-refractivity contribution in [2.75, 3.05) is 18.0 Å². The zero-order chi connectivity index (χ0) is 19.3. The smallest absolute Gasteiger partial charge is 0.303 e. The minimum absolute atomic E-state index is 0.00296. The van der Waals surface area contributed by atoms with Crippen molar-refractivity contribution in [1.29, 1.82) is 0 Å². The van der Waals surface area contributed by atoms with Gasteiger partial charge < -0.3 is 10.0 Å². The molecule has 0 saturated carbocycles. The highest BCUT2D eigenvalue weighted by Gasteiger charge is 2.46. The number of carbonyl (C=O) groups is 5. The zero-order valence-electron chi connectivity index (χ0n) is 14.3. The van der Waals surface area contributed by atoms with Gasteiger partial charge in [-0.1, -0.05) is 6.07 Å². The van der Waals surface area contributed by atoms with Gasteiger partial charge >= 0.3 is 5.97 Å². The third kappa shape index (κ3) is 2.75. The fraction of sp³-hybridized carbons (Fsp3) is 0.389. The fourth-order valence-corrected chi connectivity index (χ4v) is 3.90. The quantitative estimate of drug-likeness (QED) is 0.714. The lowest BCUT2D eigenvalue weighted by Gasteiger charge is -2.41. The monoisotopic (exact) mass is 371 g/mol. The number of carboxylic acids is 1. The lowest BCUT2D eigenvalue weighted by atomic mass is 9.94. The fourth-order valence-electron chi connectivity index (χ4n) is 3.90. The number of carbonyl (C=O) groups excluding carboxylic acids is 4. The van der Waals surface area contributed by atoms with Crippen LogP contribution in [-0.4, -0.2) is 58.7 Å². The summed E-state index contributed by atoms with van der Waals surface area (Å²) in [4.78, 5) is 62.8. The molecule has 4 amide bonds. The Morgan fingerprint density at radius 3 is 2.56 bits per heavy atom. The van der Waals surface area contributed by atoms with Gasteiger partial charge in [-0.25, -0.2) is 0 Å². The molecule has 9 nitrogen and oxygen atoms in total. The largest absolute Gasteiger partial charge is 0.481 e. The number of nitrogens with one attached hydrogen (secondary N) is 1. The highest BCUT2D eigenvalue weighted by molar-refractivity contribution is 6.25. The van der Waals surface area contributed by atoms with E-state index in [0.29, 0.717) is 18.8 Å². The number of hydrogen-bond donors (Lipinski definition) is 2. The first-order chi connectivity index (χ1) is 12.9. The molecule has 1 atom stereocenters.